The Hall–Kier alpha value is -2.42. The molecule has 2 aromatic heterocycles. The Balaban J connectivity index is 1.46. The first kappa shape index (κ1) is 20.8. The molecule has 0 atom stereocenters. The van der Waals surface area contributed by atoms with Gasteiger partial charge in [-0.05, 0) is 46.1 Å². The molecule has 1 saturated carbocycles. The molecule has 1 aliphatic heterocycles. The van der Waals surface area contributed by atoms with Crippen molar-refractivity contribution in [3.05, 3.63) is 16.6 Å². The highest BCUT2D eigenvalue weighted by Crippen LogP contribution is 2.35. The summed E-state index contributed by atoms with van der Waals surface area (Å²) in [6.07, 6.45) is 6.53. The highest BCUT2D eigenvalue weighted by molar-refractivity contribution is 7.20. The van der Waals surface area contributed by atoms with Gasteiger partial charge in [0.15, 0.2) is 0 Å². The quantitative estimate of drug-likeness (QED) is 0.686. The van der Waals surface area contributed by atoms with E-state index in [1.165, 1.54) is 35.5 Å². The number of urea groups is 1. The molecule has 9 heteroatoms. The maximum atomic E-state index is 13.0. The van der Waals surface area contributed by atoms with Crippen LogP contribution in [0.5, 0.6) is 0 Å². The summed E-state index contributed by atoms with van der Waals surface area (Å²) in [5, 5.41) is 11.4. The number of hydrogen-bond donors (Lipinski definition) is 2. The molecule has 162 valence electrons. The average molecular weight is 432 g/mol. The summed E-state index contributed by atoms with van der Waals surface area (Å²) in [5.41, 5.74) is 0.407. The lowest BCUT2D eigenvalue weighted by molar-refractivity contribution is -0.125. The van der Waals surface area contributed by atoms with Crippen molar-refractivity contribution in [2.75, 3.05) is 13.1 Å². The number of nitrogens with one attached hydrogen (secondary N) is 2. The monoisotopic (exact) mass is 431 g/mol. The molecule has 0 unspecified atom stereocenters. The van der Waals surface area contributed by atoms with Gasteiger partial charge in [-0.15, -0.1) is 11.3 Å². The van der Waals surface area contributed by atoms with E-state index in [0.29, 0.717) is 17.3 Å². The molecular weight excluding hydrogens is 402 g/mol. The zero-order valence-corrected chi connectivity index (χ0v) is 18.6. The number of carbonyl (C=O) groups is 3. The van der Waals surface area contributed by atoms with Crippen LogP contribution in [0.1, 0.15) is 73.8 Å². The SMILES string of the molecule is Cc1nn(C2CCCCC2)c2sc(C(=O)NC(C)(C)CCN3C(=O)CNC3=O)cc12. The first-order chi connectivity index (χ1) is 14.2. The summed E-state index contributed by atoms with van der Waals surface area (Å²) in [6.45, 7) is 6.14. The normalized spacial score (nSPS) is 18.3. The molecule has 2 aromatic rings. The van der Waals surface area contributed by atoms with Crippen molar-refractivity contribution in [1.29, 1.82) is 0 Å². The summed E-state index contributed by atoms with van der Waals surface area (Å²) in [6, 6.07) is 1.99. The Kier molecular flexibility index (Phi) is 5.57. The zero-order chi connectivity index (χ0) is 21.5. The second-order valence-electron chi connectivity index (χ2n) is 8.94. The molecule has 30 heavy (non-hydrogen) atoms. The number of imide groups is 1. The lowest BCUT2D eigenvalue weighted by Crippen LogP contribution is -2.46. The van der Waals surface area contributed by atoms with E-state index in [9.17, 15) is 14.4 Å². The Bertz CT molecular complexity index is 970. The maximum absolute atomic E-state index is 13.0. The maximum Gasteiger partial charge on any atom is 0.324 e. The molecule has 0 radical (unpaired) electrons. The van der Waals surface area contributed by atoms with Crippen molar-refractivity contribution in [1.82, 2.24) is 25.3 Å². The van der Waals surface area contributed by atoms with E-state index < -0.39 is 5.54 Å². The van der Waals surface area contributed by atoms with Crippen LogP contribution in [0, 0.1) is 6.92 Å². The summed E-state index contributed by atoms with van der Waals surface area (Å²) in [5.74, 6) is -0.359. The molecule has 8 nitrogen and oxygen atoms in total. The van der Waals surface area contributed by atoms with E-state index >= 15 is 0 Å². The van der Waals surface area contributed by atoms with Gasteiger partial charge in [0.05, 0.1) is 23.2 Å². The zero-order valence-electron chi connectivity index (χ0n) is 17.8. The van der Waals surface area contributed by atoms with Crippen LogP contribution in [0.2, 0.25) is 0 Å². The molecular formula is C21H29N5O3S. The molecule has 4 amide bonds. The number of fused-ring (bicyclic) bond motifs is 1. The van der Waals surface area contributed by atoms with Crippen LogP contribution >= 0.6 is 11.3 Å². The summed E-state index contributed by atoms with van der Waals surface area (Å²) in [4.78, 5) is 39.4. The van der Waals surface area contributed by atoms with Crippen LogP contribution in [0.3, 0.4) is 0 Å². The molecule has 2 fully saturated rings. The highest BCUT2D eigenvalue weighted by Gasteiger charge is 2.31. The number of aromatic nitrogens is 2. The minimum Gasteiger partial charge on any atom is -0.346 e. The smallest absolute Gasteiger partial charge is 0.324 e. The number of carbonyl (C=O) groups excluding carboxylic acids is 3. The van der Waals surface area contributed by atoms with Gasteiger partial charge in [-0.2, -0.15) is 5.10 Å². The number of amides is 4. The summed E-state index contributed by atoms with van der Waals surface area (Å²) < 4.78 is 2.13. The van der Waals surface area contributed by atoms with Gasteiger partial charge >= 0.3 is 6.03 Å². The first-order valence-electron chi connectivity index (χ1n) is 10.6. The molecule has 1 aliphatic carbocycles. The van der Waals surface area contributed by atoms with Crippen LogP contribution in [-0.4, -0.2) is 51.2 Å². The van der Waals surface area contributed by atoms with Crippen molar-refractivity contribution in [3.63, 3.8) is 0 Å². The van der Waals surface area contributed by atoms with E-state index in [1.54, 1.807) is 0 Å². The Labute approximate surface area is 180 Å². The van der Waals surface area contributed by atoms with Crippen LogP contribution in [0.15, 0.2) is 6.07 Å². The van der Waals surface area contributed by atoms with Gasteiger partial charge < -0.3 is 10.6 Å². The van der Waals surface area contributed by atoms with Crippen molar-refractivity contribution < 1.29 is 14.4 Å². The van der Waals surface area contributed by atoms with Gasteiger partial charge in [-0.1, -0.05) is 19.3 Å². The van der Waals surface area contributed by atoms with Gasteiger partial charge in [-0.3, -0.25) is 19.2 Å². The molecule has 4 rings (SSSR count). The number of thiophene rings is 1. The predicted octanol–water partition coefficient (Wildman–Crippen LogP) is 3.36. The Morgan fingerprint density at radius 1 is 1.30 bits per heavy atom. The molecule has 3 heterocycles. The molecule has 0 spiro atoms. The third-order valence-corrected chi connectivity index (χ3v) is 7.19. The summed E-state index contributed by atoms with van der Waals surface area (Å²) in [7, 11) is 0. The van der Waals surface area contributed by atoms with Crippen molar-refractivity contribution in [3.8, 4) is 0 Å². The first-order valence-corrected chi connectivity index (χ1v) is 11.5. The van der Waals surface area contributed by atoms with Gasteiger partial charge in [0.2, 0.25) is 5.91 Å². The standard InChI is InChI=1S/C21H29N5O3S/c1-13-15-11-16(30-19(15)26(24-13)14-7-5-4-6-8-14)18(28)23-21(2,3)9-10-25-17(27)12-22-20(25)29/h11,14H,4-10,12H2,1-3H3,(H,22,29)(H,23,28). The lowest BCUT2D eigenvalue weighted by Gasteiger charge is -2.27. The lowest BCUT2D eigenvalue weighted by atomic mass is 9.96. The van der Waals surface area contributed by atoms with Gasteiger partial charge in [0.1, 0.15) is 4.83 Å². The molecule has 2 N–H and O–H groups in total. The number of rotatable bonds is 6. The van der Waals surface area contributed by atoms with Gasteiger partial charge in [0, 0.05) is 17.5 Å². The second-order valence-corrected chi connectivity index (χ2v) is 9.97. The largest absolute Gasteiger partial charge is 0.346 e. The van der Waals surface area contributed by atoms with E-state index in [4.69, 9.17) is 5.10 Å². The Morgan fingerprint density at radius 3 is 2.70 bits per heavy atom. The average Bonchev–Trinajstić information content (AvgIpc) is 3.36. The van der Waals surface area contributed by atoms with Crippen molar-refractivity contribution in [2.45, 2.75) is 70.9 Å². The van der Waals surface area contributed by atoms with Crippen LogP contribution in [0.4, 0.5) is 4.79 Å². The molecule has 2 aliphatic rings. The topological polar surface area (TPSA) is 96.3 Å². The van der Waals surface area contributed by atoms with E-state index in [-0.39, 0.29) is 30.9 Å². The highest BCUT2D eigenvalue weighted by atomic mass is 32.1. The Morgan fingerprint density at radius 2 is 2.03 bits per heavy atom. The summed E-state index contributed by atoms with van der Waals surface area (Å²) >= 11 is 1.49. The fraction of sp³-hybridized carbons (Fsp3) is 0.619. The molecule has 0 bridgehead atoms. The third-order valence-electron chi connectivity index (χ3n) is 6.06. The number of aryl methyl sites for hydroxylation is 1. The minimum absolute atomic E-state index is 0.0464. The number of hydrogen-bond acceptors (Lipinski definition) is 5. The third kappa shape index (κ3) is 4.08. The van der Waals surface area contributed by atoms with Crippen LogP contribution in [-0.2, 0) is 4.79 Å². The fourth-order valence-corrected chi connectivity index (χ4v) is 5.39. The van der Waals surface area contributed by atoms with E-state index in [0.717, 1.165) is 28.8 Å². The van der Waals surface area contributed by atoms with Gasteiger partial charge in [0.25, 0.3) is 5.91 Å². The second kappa shape index (κ2) is 8.02. The van der Waals surface area contributed by atoms with Crippen LogP contribution in [0.25, 0.3) is 10.2 Å². The van der Waals surface area contributed by atoms with Gasteiger partial charge in [-0.25, -0.2) is 4.79 Å². The van der Waals surface area contributed by atoms with E-state index in [1.807, 2.05) is 26.8 Å². The molecule has 1 saturated heterocycles. The number of nitrogens with zero attached hydrogens (tertiary/aromatic N) is 3. The van der Waals surface area contributed by atoms with Crippen LogP contribution < -0.4 is 10.6 Å². The fourth-order valence-electron chi connectivity index (χ4n) is 4.26. The van der Waals surface area contributed by atoms with E-state index in [2.05, 4.69) is 15.3 Å². The van der Waals surface area contributed by atoms with Crippen molar-refractivity contribution in [2.24, 2.45) is 0 Å². The molecule has 0 aromatic carbocycles. The minimum atomic E-state index is -0.555. The predicted molar refractivity (Wildman–Crippen MR) is 116 cm³/mol. The van der Waals surface area contributed by atoms with Crippen molar-refractivity contribution >= 4 is 39.4 Å².